The van der Waals surface area contributed by atoms with E-state index in [0.717, 1.165) is 5.82 Å². The molecule has 0 radical (unpaired) electrons. The molecule has 0 aliphatic heterocycles. The Kier molecular flexibility index (Phi) is 2.46. The molecule has 2 aromatic heterocycles. The fraction of sp³-hybridized carbons (Fsp3) is 0.545. The van der Waals surface area contributed by atoms with Crippen LogP contribution in [0.3, 0.4) is 0 Å². The van der Waals surface area contributed by atoms with Gasteiger partial charge in [0.05, 0.1) is 6.10 Å². The summed E-state index contributed by atoms with van der Waals surface area (Å²) in [6.07, 6.45) is 1.87. The van der Waals surface area contributed by atoms with Crippen molar-refractivity contribution in [3.8, 4) is 0 Å². The average Bonchev–Trinajstić information content (AvgIpc) is 2.76. The first kappa shape index (κ1) is 11.7. The molecular formula is C11H14ClN5O. The van der Waals surface area contributed by atoms with Crippen molar-refractivity contribution in [2.75, 3.05) is 5.32 Å². The average molecular weight is 268 g/mol. The van der Waals surface area contributed by atoms with Gasteiger partial charge in [-0.3, -0.25) is 0 Å². The van der Waals surface area contributed by atoms with Crippen LogP contribution in [0, 0.1) is 5.41 Å². The fourth-order valence-corrected chi connectivity index (χ4v) is 2.39. The van der Waals surface area contributed by atoms with E-state index in [0.29, 0.717) is 17.4 Å². The first-order chi connectivity index (χ1) is 8.48. The molecule has 0 saturated heterocycles. The van der Waals surface area contributed by atoms with Gasteiger partial charge in [0.1, 0.15) is 17.3 Å². The van der Waals surface area contributed by atoms with Gasteiger partial charge < -0.3 is 10.4 Å². The Morgan fingerprint density at radius 2 is 2.33 bits per heavy atom. The molecule has 0 bridgehead atoms. The van der Waals surface area contributed by atoms with E-state index in [4.69, 9.17) is 11.6 Å². The van der Waals surface area contributed by atoms with Gasteiger partial charge in [-0.15, -0.1) is 0 Å². The van der Waals surface area contributed by atoms with Crippen molar-refractivity contribution in [3.05, 3.63) is 17.5 Å². The summed E-state index contributed by atoms with van der Waals surface area (Å²) in [7, 11) is 0. The van der Waals surface area contributed by atoms with Crippen LogP contribution in [0.4, 0.5) is 5.82 Å². The Bertz CT molecular complexity index is 596. The molecule has 1 aliphatic rings. The molecule has 7 heteroatoms. The maximum Gasteiger partial charge on any atom is 0.255 e. The molecule has 2 N–H and O–H groups in total. The summed E-state index contributed by atoms with van der Waals surface area (Å²) in [6.45, 7) is 4.06. The monoisotopic (exact) mass is 267 g/mol. The van der Waals surface area contributed by atoms with Crippen molar-refractivity contribution < 1.29 is 5.11 Å². The molecule has 2 atom stereocenters. The van der Waals surface area contributed by atoms with Gasteiger partial charge in [0, 0.05) is 17.5 Å². The highest BCUT2D eigenvalue weighted by molar-refractivity contribution is 6.29. The number of anilines is 1. The van der Waals surface area contributed by atoms with Gasteiger partial charge in [0.15, 0.2) is 0 Å². The van der Waals surface area contributed by atoms with Gasteiger partial charge in [0.2, 0.25) is 0 Å². The molecule has 96 valence electrons. The van der Waals surface area contributed by atoms with E-state index in [1.807, 2.05) is 13.8 Å². The van der Waals surface area contributed by atoms with Crippen molar-refractivity contribution in [1.29, 1.82) is 0 Å². The minimum Gasteiger partial charge on any atom is -0.392 e. The maximum atomic E-state index is 9.74. The summed E-state index contributed by atoms with van der Waals surface area (Å²) >= 11 is 5.94. The molecule has 18 heavy (non-hydrogen) atoms. The predicted molar refractivity (Wildman–Crippen MR) is 67.6 cm³/mol. The van der Waals surface area contributed by atoms with Crippen molar-refractivity contribution >= 4 is 23.2 Å². The van der Waals surface area contributed by atoms with Crippen LogP contribution in [0.15, 0.2) is 12.4 Å². The lowest BCUT2D eigenvalue weighted by Crippen LogP contribution is -2.57. The van der Waals surface area contributed by atoms with Gasteiger partial charge in [0.25, 0.3) is 5.78 Å². The number of aromatic nitrogens is 4. The van der Waals surface area contributed by atoms with Gasteiger partial charge in [-0.05, 0) is 6.42 Å². The molecule has 3 rings (SSSR count). The molecule has 0 spiro atoms. The molecule has 1 saturated carbocycles. The van der Waals surface area contributed by atoms with Crippen molar-refractivity contribution in [1.82, 2.24) is 19.6 Å². The van der Waals surface area contributed by atoms with Crippen LogP contribution >= 0.6 is 11.6 Å². The molecule has 1 aliphatic carbocycles. The summed E-state index contributed by atoms with van der Waals surface area (Å²) in [6, 6.07) is 1.89. The number of nitrogens with one attached hydrogen (secondary N) is 1. The van der Waals surface area contributed by atoms with E-state index in [-0.39, 0.29) is 17.6 Å². The second-order valence-corrected chi connectivity index (χ2v) is 5.59. The van der Waals surface area contributed by atoms with E-state index in [2.05, 4.69) is 20.4 Å². The summed E-state index contributed by atoms with van der Waals surface area (Å²) in [4.78, 5) is 8.07. The van der Waals surface area contributed by atoms with E-state index in [1.54, 1.807) is 10.6 Å². The smallest absolute Gasteiger partial charge is 0.255 e. The molecule has 1 fully saturated rings. The third kappa shape index (κ3) is 1.64. The van der Waals surface area contributed by atoms with Crippen LogP contribution in [-0.4, -0.2) is 36.8 Å². The van der Waals surface area contributed by atoms with Crippen LogP contribution in [0.25, 0.3) is 5.78 Å². The number of hydrogen-bond acceptors (Lipinski definition) is 5. The summed E-state index contributed by atoms with van der Waals surface area (Å²) in [5, 5.41) is 17.6. The minimum absolute atomic E-state index is 0.164. The lowest BCUT2D eigenvalue weighted by atomic mass is 9.64. The third-order valence-electron chi connectivity index (χ3n) is 3.76. The topological polar surface area (TPSA) is 75.3 Å². The molecule has 2 heterocycles. The SMILES string of the molecule is CC1(C)C(O)CC1Nc1cc(Cl)nc2ncnn12. The maximum absolute atomic E-state index is 9.74. The normalized spacial score (nSPS) is 26.0. The van der Waals surface area contributed by atoms with Gasteiger partial charge in [-0.25, -0.2) is 0 Å². The quantitative estimate of drug-likeness (QED) is 0.804. The predicted octanol–water partition coefficient (Wildman–Crippen LogP) is 1.35. The molecule has 2 aromatic rings. The Balaban J connectivity index is 1.93. The summed E-state index contributed by atoms with van der Waals surface area (Å²) in [5.74, 6) is 1.20. The van der Waals surface area contributed by atoms with Crippen LogP contribution in [0.5, 0.6) is 0 Å². The lowest BCUT2D eigenvalue weighted by molar-refractivity contribution is -0.0512. The molecule has 2 unspecified atom stereocenters. The van der Waals surface area contributed by atoms with Crippen LogP contribution in [0.2, 0.25) is 5.15 Å². The Labute approximate surface area is 109 Å². The van der Waals surface area contributed by atoms with E-state index in [9.17, 15) is 5.11 Å². The number of aliphatic hydroxyl groups is 1. The summed E-state index contributed by atoms with van der Waals surface area (Å²) in [5.41, 5.74) is -0.164. The second kappa shape index (κ2) is 3.80. The largest absolute Gasteiger partial charge is 0.392 e. The number of aliphatic hydroxyl groups excluding tert-OH is 1. The minimum atomic E-state index is -0.279. The zero-order valence-corrected chi connectivity index (χ0v) is 10.9. The fourth-order valence-electron chi connectivity index (χ4n) is 2.21. The second-order valence-electron chi connectivity index (χ2n) is 5.21. The number of rotatable bonds is 2. The highest BCUT2D eigenvalue weighted by atomic mass is 35.5. The van der Waals surface area contributed by atoms with Crippen LogP contribution in [-0.2, 0) is 0 Å². The first-order valence-electron chi connectivity index (χ1n) is 5.79. The van der Waals surface area contributed by atoms with E-state index in [1.165, 1.54) is 6.33 Å². The van der Waals surface area contributed by atoms with Gasteiger partial charge in [-0.2, -0.15) is 19.6 Å². The Hall–Kier alpha value is -1.40. The van der Waals surface area contributed by atoms with E-state index >= 15 is 0 Å². The summed E-state index contributed by atoms with van der Waals surface area (Å²) < 4.78 is 1.60. The molecule has 0 aromatic carbocycles. The molecule has 6 nitrogen and oxygen atoms in total. The van der Waals surface area contributed by atoms with Crippen molar-refractivity contribution in [2.24, 2.45) is 5.41 Å². The third-order valence-corrected chi connectivity index (χ3v) is 3.95. The Morgan fingerprint density at radius 1 is 1.56 bits per heavy atom. The Morgan fingerprint density at radius 3 is 3.00 bits per heavy atom. The highest BCUT2D eigenvalue weighted by Crippen LogP contribution is 2.42. The number of fused-ring (bicyclic) bond motifs is 1. The van der Waals surface area contributed by atoms with Gasteiger partial charge in [-0.1, -0.05) is 25.4 Å². The standard InChI is InChI=1S/C11H14ClN5O/c1-11(2)6(3-7(11)18)15-9-4-8(12)16-10-13-5-14-17(9)10/h4-7,15,18H,3H2,1-2H3. The molecule has 0 amide bonds. The highest BCUT2D eigenvalue weighted by Gasteiger charge is 2.47. The number of nitrogens with zero attached hydrogens (tertiary/aromatic N) is 4. The zero-order valence-electron chi connectivity index (χ0n) is 10.1. The molecular weight excluding hydrogens is 254 g/mol. The van der Waals surface area contributed by atoms with Crippen molar-refractivity contribution in [2.45, 2.75) is 32.4 Å². The zero-order chi connectivity index (χ0) is 12.9. The van der Waals surface area contributed by atoms with Crippen LogP contribution < -0.4 is 5.32 Å². The van der Waals surface area contributed by atoms with Crippen molar-refractivity contribution in [3.63, 3.8) is 0 Å². The number of hydrogen-bond donors (Lipinski definition) is 2. The van der Waals surface area contributed by atoms with Gasteiger partial charge >= 0.3 is 0 Å². The lowest BCUT2D eigenvalue weighted by Gasteiger charge is -2.49. The first-order valence-corrected chi connectivity index (χ1v) is 6.17. The van der Waals surface area contributed by atoms with Crippen LogP contribution in [0.1, 0.15) is 20.3 Å². The number of halogens is 1. The van der Waals surface area contributed by atoms with E-state index < -0.39 is 0 Å².